The summed E-state index contributed by atoms with van der Waals surface area (Å²) in [6.45, 7) is 4.95. The van der Waals surface area contributed by atoms with Gasteiger partial charge in [-0.2, -0.15) is 0 Å². The third-order valence-electron chi connectivity index (χ3n) is 5.39. The standard InChI is InChI=1S/C16H29N3O4/c1-10(2)18(3)12-4-5-13(11(8-12)9-20)19-7-6-14(15(19)21)23-16(17)22/h10-14,20H,4-9H2,1-3H3,(H2,17,22)/t11-,12+,13-,14-/m0/s1. The van der Waals surface area contributed by atoms with Crippen LogP contribution in [0, 0.1) is 5.92 Å². The molecule has 3 N–H and O–H groups in total. The van der Waals surface area contributed by atoms with Gasteiger partial charge in [-0.05, 0) is 40.2 Å². The van der Waals surface area contributed by atoms with Gasteiger partial charge in [0.1, 0.15) is 0 Å². The van der Waals surface area contributed by atoms with Gasteiger partial charge >= 0.3 is 6.09 Å². The first-order chi connectivity index (χ1) is 10.8. The smallest absolute Gasteiger partial charge is 0.405 e. The van der Waals surface area contributed by atoms with Crippen molar-refractivity contribution in [2.45, 2.75) is 63.8 Å². The molecule has 2 amide bonds. The summed E-state index contributed by atoms with van der Waals surface area (Å²) in [5.74, 6) is -0.117. The number of carbonyl (C=O) groups excluding carboxylic acids is 2. The van der Waals surface area contributed by atoms with Crippen LogP contribution in [0.25, 0.3) is 0 Å². The van der Waals surface area contributed by atoms with Crippen LogP contribution in [0.15, 0.2) is 0 Å². The van der Waals surface area contributed by atoms with E-state index in [2.05, 4.69) is 25.8 Å². The van der Waals surface area contributed by atoms with E-state index in [-0.39, 0.29) is 24.5 Å². The maximum atomic E-state index is 12.4. The largest absolute Gasteiger partial charge is 0.436 e. The quantitative estimate of drug-likeness (QED) is 0.769. The molecule has 1 saturated heterocycles. The minimum atomic E-state index is -0.911. The molecule has 0 radical (unpaired) electrons. The van der Waals surface area contributed by atoms with Crippen molar-refractivity contribution < 1.29 is 19.4 Å². The molecule has 0 spiro atoms. The van der Waals surface area contributed by atoms with E-state index < -0.39 is 12.2 Å². The molecular weight excluding hydrogens is 298 g/mol. The van der Waals surface area contributed by atoms with Crippen molar-refractivity contribution in [1.29, 1.82) is 0 Å². The fraction of sp³-hybridized carbons (Fsp3) is 0.875. The summed E-state index contributed by atoms with van der Waals surface area (Å²) < 4.78 is 4.88. The number of nitrogens with two attached hydrogens (primary N) is 1. The van der Waals surface area contributed by atoms with Gasteiger partial charge in [0.05, 0.1) is 0 Å². The Balaban J connectivity index is 2.01. The van der Waals surface area contributed by atoms with Gasteiger partial charge in [-0.3, -0.25) is 4.79 Å². The first kappa shape index (κ1) is 18.0. The average molecular weight is 327 g/mol. The highest BCUT2D eigenvalue weighted by atomic mass is 16.6. The van der Waals surface area contributed by atoms with E-state index in [4.69, 9.17) is 10.5 Å². The van der Waals surface area contributed by atoms with Crippen LogP contribution in [0.3, 0.4) is 0 Å². The van der Waals surface area contributed by atoms with Gasteiger partial charge in [0.15, 0.2) is 6.10 Å². The molecule has 1 saturated carbocycles. The number of amides is 2. The molecule has 1 aliphatic carbocycles. The fourth-order valence-electron chi connectivity index (χ4n) is 3.88. The Morgan fingerprint density at radius 1 is 1.43 bits per heavy atom. The van der Waals surface area contributed by atoms with E-state index in [0.29, 0.717) is 25.0 Å². The monoisotopic (exact) mass is 327 g/mol. The van der Waals surface area contributed by atoms with E-state index >= 15 is 0 Å². The summed E-state index contributed by atoms with van der Waals surface area (Å²) in [4.78, 5) is 27.4. The maximum Gasteiger partial charge on any atom is 0.405 e. The second-order valence-electron chi connectivity index (χ2n) is 6.98. The van der Waals surface area contributed by atoms with Crippen molar-refractivity contribution in [1.82, 2.24) is 9.80 Å². The SMILES string of the molecule is CC(C)N(C)[C@@H]1CC[C@H](N2CC[C@H](OC(N)=O)C2=O)[C@H](CO)C1. The third kappa shape index (κ3) is 3.95. The molecule has 0 bridgehead atoms. The second kappa shape index (κ2) is 7.49. The van der Waals surface area contributed by atoms with Crippen LogP contribution >= 0.6 is 0 Å². The predicted molar refractivity (Wildman–Crippen MR) is 85.7 cm³/mol. The van der Waals surface area contributed by atoms with Gasteiger partial charge in [-0.15, -0.1) is 0 Å². The van der Waals surface area contributed by atoms with E-state index in [1.165, 1.54) is 0 Å². The Morgan fingerprint density at radius 2 is 2.13 bits per heavy atom. The van der Waals surface area contributed by atoms with Gasteiger partial charge in [0.2, 0.25) is 0 Å². The third-order valence-corrected chi connectivity index (χ3v) is 5.39. The number of primary amides is 1. The number of hydrogen-bond donors (Lipinski definition) is 2. The number of rotatable bonds is 5. The lowest BCUT2D eigenvalue weighted by Gasteiger charge is -2.44. The summed E-state index contributed by atoms with van der Waals surface area (Å²) in [5, 5.41) is 9.80. The van der Waals surface area contributed by atoms with Crippen LogP contribution in [-0.4, -0.2) is 71.3 Å². The van der Waals surface area contributed by atoms with E-state index in [1.807, 2.05) is 0 Å². The zero-order chi connectivity index (χ0) is 17.1. The Kier molecular flexibility index (Phi) is 5.86. The van der Waals surface area contributed by atoms with Crippen LogP contribution in [0.4, 0.5) is 4.79 Å². The minimum absolute atomic E-state index is 0.0192. The fourth-order valence-corrected chi connectivity index (χ4v) is 3.88. The lowest BCUT2D eigenvalue weighted by molar-refractivity contribution is -0.138. The summed E-state index contributed by atoms with van der Waals surface area (Å²) in [7, 11) is 2.11. The molecule has 0 aromatic heterocycles. The molecule has 7 nitrogen and oxygen atoms in total. The molecule has 0 aromatic carbocycles. The zero-order valence-corrected chi connectivity index (χ0v) is 14.3. The van der Waals surface area contributed by atoms with Crippen LogP contribution < -0.4 is 5.73 Å². The molecule has 1 aliphatic heterocycles. The van der Waals surface area contributed by atoms with Gasteiger partial charge in [-0.25, -0.2) is 4.79 Å². The average Bonchev–Trinajstić information content (AvgIpc) is 2.86. The number of aliphatic hydroxyl groups excluding tert-OH is 1. The van der Waals surface area contributed by atoms with Crippen molar-refractivity contribution in [3.8, 4) is 0 Å². The highest BCUT2D eigenvalue weighted by Crippen LogP contribution is 2.34. The molecule has 1 heterocycles. The minimum Gasteiger partial charge on any atom is -0.436 e. The maximum absolute atomic E-state index is 12.4. The normalized spacial score (nSPS) is 31.9. The first-order valence-corrected chi connectivity index (χ1v) is 8.44. The molecule has 4 atom stereocenters. The molecule has 7 heteroatoms. The highest BCUT2D eigenvalue weighted by Gasteiger charge is 2.43. The number of hydrogen-bond acceptors (Lipinski definition) is 5. The van der Waals surface area contributed by atoms with Gasteiger partial charge < -0.3 is 25.4 Å². The van der Waals surface area contributed by atoms with Crippen LogP contribution in [0.2, 0.25) is 0 Å². The van der Waals surface area contributed by atoms with E-state index in [9.17, 15) is 14.7 Å². The second-order valence-corrected chi connectivity index (χ2v) is 6.98. The molecule has 23 heavy (non-hydrogen) atoms. The number of nitrogens with zero attached hydrogens (tertiary/aromatic N) is 2. The number of aliphatic hydroxyl groups is 1. The zero-order valence-electron chi connectivity index (χ0n) is 14.3. The lowest BCUT2D eigenvalue weighted by Crippen LogP contribution is -2.51. The van der Waals surface area contributed by atoms with Crippen molar-refractivity contribution >= 4 is 12.0 Å². The molecule has 2 rings (SSSR count). The van der Waals surface area contributed by atoms with Crippen LogP contribution in [0.1, 0.15) is 39.5 Å². The van der Waals surface area contributed by atoms with Gasteiger partial charge in [0.25, 0.3) is 5.91 Å². The molecule has 132 valence electrons. The summed E-state index contributed by atoms with van der Waals surface area (Å²) >= 11 is 0. The summed E-state index contributed by atoms with van der Waals surface area (Å²) in [6, 6.07) is 0.905. The number of likely N-dealkylation sites (tertiary alicyclic amines) is 1. The Morgan fingerprint density at radius 3 is 2.70 bits per heavy atom. The van der Waals surface area contributed by atoms with Gasteiger partial charge in [0, 0.05) is 43.6 Å². The molecule has 0 aromatic rings. The van der Waals surface area contributed by atoms with Crippen LogP contribution in [0.5, 0.6) is 0 Å². The van der Waals surface area contributed by atoms with Crippen molar-refractivity contribution in [2.75, 3.05) is 20.2 Å². The topological polar surface area (TPSA) is 96.1 Å². The van der Waals surface area contributed by atoms with Gasteiger partial charge in [-0.1, -0.05) is 0 Å². The van der Waals surface area contributed by atoms with E-state index in [0.717, 1.165) is 19.3 Å². The Bertz CT molecular complexity index is 443. The first-order valence-electron chi connectivity index (χ1n) is 8.44. The summed E-state index contributed by atoms with van der Waals surface area (Å²) in [5.41, 5.74) is 5.01. The number of ether oxygens (including phenoxy) is 1. The van der Waals surface area contributed by atoms with E-state index in [1.54, 1.807) is 4.90 Å². The lowest BCUT2D eigenvalue weighted by atomic mass is 9.80. The molecule has 0 unspecified atom stereocenters. The summed E-state index contributed by atoms with van der Waals surface area (Å²) in [6.07, 6.45) is 1.55. The Hall–Kier alpha value is -1.34. The number of carbonyl (C=O) groups is 2. The Labute approximate surface area is 137 Å². The molecular formula is C16H29N3O4. The van der Waals surface area contributed by atoms with Crippen LogP contribution in [-0.2, 0) is 9.53 Å². The molecule has 2 aliphatic rings. The molecule has 2 fully saturated rings. The van der Waals surface area contributed by atoms with Crippen molar-refractivity contribution in [3.63, 3.8) is 0 Å². The predicted octanol–water partition coefficient (Wildman–Crippen LogP) is 0.552. The highest BCUT2D eigenvalue weighted by molar-refractivity contribution is 5.85. The van der Waals surface area contributed by atoms with Crippen molar-refractivity contribution in [2.24, 2.45) is 11.7 Å². The van der Waals surface area contributed by atoms with Crippen molar-refractivity contribution in [3.05, 3.63) is 0 Å².